The maximum absolute atomic E-state index is 12.2. The van der Waals surface area contributed by atoms with E-state index in [9.17, 15) is 14.9 Å². The van der Waals surface area contributed by atoms with E-state index in [0.717, 1.165) is 56.5 Å². The van der Waals surface area contributed by atoms with Gasteiger partial charge in [-0.1, -0.05) is 12.1 Å². The van der Waals surface area contributed by atoms with Crippen molar-refractivity contribution in [2.24, 2.45) is 11.7 Å². The molecule has 4 rings (SSSR count). The predicted molar refractivity (Wildman–Crippen MR) is 133 cm³/mol. The molecule has 1 fully saturated rings. The van der Waals surface area contributed by atoms with Gasteiger partial charge in [-0.25, -0.2) is 4.98 Å². The number of benzene rings is 1. The zero-order valence-electron chi connectivity index (χ0n) is 19.8. The smallest absolute Gasteiger partial charge is 0.276 e. The number of aromatic nitrogens is 2. The van der Waals surface area contributed by atoms with Crippen LogP contribution in [0.15, 0.2) is 29.8 Å². The van der Waals surface area contributed by atoms with Crippen LogP contribution in [0.5, 0.6) is 0 Å². The average molecular weight is 465 g/mol. The van der Waals surface area contributed by atoms with Gasteiger partial charge in [0.1, 0.15) is 5.82 Å². The number of nitro benzene ring substituents is 1. The van der Waals surface area contributed by atoms with Gasteiger partial charge in [0.2, 0.25) is 11.9 Å². The molecule has 0 bridgehead atoms. The molecule has 0 saturated heterocycles. The third-order valence-corrected chi connectivity index (χ3v) is 6.81. The molecule has 2 aliphatic carbocycles. The number of fused-ring (bicyclic) bond motifs is 1. The molecule has 0 spiro atoms. The average Bonchev–Trinajstić information content (AvgIpc) is 2.82. The minimum absolute atomic E-state index is 0.0298. The van der Waals surface area contributed by atoms with Crippen molar-refractivity contribution in [3.8, 4) is 0 Å². The lowest BCUT2D eigenvalue weighted by Crippen LogP contribution is -2.31. The topological polar surface area (TPSA) is 127 Å². The van der Waals surface area contributed by atoms with Crippen molar-refractivity contribution < 1.29 is 9.72 Å². The fourth-order valence-corrected chi connectivity index (χ4v) is 5.07. The Morgan fingerprint density at radius 1 is 1.15 bits per heavy atom. The first-order chi connectivity index (χ1) is 16.3. The summed E-state index contributed by atoms with van der Waals surface area (Å²) in [4.78, 5) is 34.8. The van der Waals surface area contributed by atoms with Crippen LogP contribution in [-0.2, 0) is 17.6 Å². The van der Waals surface area contributed by atoms with Crippen molar-refractivity contribution in [1.29, 1.82) is 0 Å². The highest BCUT2D eigenvalue weighted by atomic mass is 16.6. The molecule has 3 N–H and O–H groups in total. The summed E-state index contributed by atoms with van der Waals surface area (Å²) in [6.45, 7) is 0. The summed E-state index contributed by atoms with van der Waals surface area (Å²) in [6, 6.07) is 6.61. The number of nitrogens with zero attached hydrogens (tertiary/aromatic N) is 4. The van der Waals surface area contributed by atoms with Crippen molar-refractivity contribution in [1.82, 2.24) is 9.97 Å². The number of para-hydroxylation sites is 1. The van der Waals surface area contributed by atoms with E-state index in [1.165, 1.54) is 18.1 Å². The maximum Gasteiger partial charge on any atom is 0.276 e. The molecule has 0 unspecified atom stereocenters. The quantitative estimate of drug-likeness (QED) is 0.362. The fourth-order valence-electron chi connectivity index (χ4n) is 5.07. The minimum atomic E-state index is -0.525. The van der Waals surface area contributed by atoms with E-state index in [0.29, 0.717) is 17.1 Å². The lowest BCUT2D eigenvalue weighted by molar-refractivity contribution is -0.385. The molecule has 1 amide bonds. The molecule has 1 heterocycles. The first-order valence-corrected chi connectivity index (χ1v) is 11.9. The summed E-state index contributed by atoms with van der Waals surface area (Å²) in [5, 5.41) is 14.9. The van der Waals surface area contributed by atoms with E-state index in [4.69, 9.17) is 15.7 Å². The standard InChI is InChI=1S/C25H32N6O3/c1-30(2)24-19-8-4-5-9-21(19)28-25(29-24)27-18-13-11-16(12-14-18)20(23(26)32)15-17-7-3-6-10-22(17)31(33)34/h3,6-7,10,15-16,18H,4-5,8-9,11-14H2,1-2H3,(H2,26,32)(H,27,28,29). The maximum atomic E-state index is 12.2. The molecule has 9 nitrogen and oxygen atoms in total. The van der Waals surface area contributed by atoms with Crippen molar-refractivity contribution >= 4 is 29.4 Å². The Kier molecular flexibility index (Phi) is 7.09. The molecule has 9 heteroatoms. The highest BCUT2D eigenvalue weighted by Crippen LogP contribution is 2.34. The summed E-state index contributed by atoms with van der Waals surface area (Å²) in [7, 11) is 4.03. The summed E-state index contributed by atoms with van der Waals surface area (Å²) in [6.07, 6.45) is 9.13. The Morgan fingerprint density at radius 3 is 2.53 bits per heavy atom. The van der Waals surface area contributed by atoms with E-state index in [1.54, 1.807) is 24.3 Å². The second-order valence-corrected chi connectivity index (χ2v) is 9.37. The summed E-state index contributed by atoms with van der Waals surface area (Å²) in [5.41, 5.74) is 8.92. The minimum Gasteiger partial charge on any atom is -0.366 e. The van der Waals surface area contributed by atoms with Crippen molar-refractivity contribution in [3.63, 3.8) is 0 Å². The van der Waals surface area contributed by atoms with Gasteiger partial charge in [0.25, 0.3) is 5.69 Å². The molecule has 0 radical (unpaired) electrons. The zero-order valence-corrected chi connectivity index (χ0v) is 19.8. The molecule has 0 aliphatic heterocycles. The number of primary amides is 1. The first-order valence-electron chi connectivity index (χ1n) is 11.9. The number of nitrogens with one attached hydrogen (secondary N) is 1. The Balaban J connectivity index is 1.47. The van der Waals surface area contributed by atoms with Gasteiger partial charge < -0.3 is 16.0 Å². The molecule has 180 valence electrons. The van der Waals surface area contributed by atoms with E-state index in [1.807, 2.05) is 14.1 Å². The molecule has 1 aromatic heterocycles. The van der Waals surface area contributed by atoms with Gasteiger partial charge in [-0.3, -0.25) is 14.9 Å². The monoisotopic (exact) mass is 464 g/mol. The summed E-state index contributed by atoms with van der Waals surface area (Å²) in [5.74, 6) is 1.10. The van der Waals surface area contributed by atoms with Crippen molar-refractivity contribution in [2.75, 3.05) is 24.3 Å². The predicted octanol–water partition coefficient (Wildman–Crippen LogP) is 3.87. The Morgan fingerprint density at radius 2 is 1.85 bits per heavy atom. The van der Waals surface area contributed by atoms with Crippen LogP contribution in [0, 0.1) is 16.0 Å². The second-order valence-electron chi connectivity index (χ2n) is 9.37. The van der Waals surface area contributed by atoms with Gasteiger partial charge in [0, 0.05) is 37.3 Å². The van der Waals surface area contributed by atoms with E-state index in [2.05, 4.69) is 10.2 Å². The lowest BCUT2D eigenvalue weighted by Gasteiger charge is -2.30. The second kappa shape index (κ2) is 10.2. The molecule has 2 aliphatic rings. The molecule has 1 saturated carbocycles. The largest absolute Gasteiger partial charge is 0.366 e. The van der Waals surface area contributed by atoms with Crippen molar-refractivity contribution in [2.45, 2.75) is 57.4 Å². The molecule has 1 aromatic carbocycles. The Bertz CT molecular complexity index is 1110. The number of carbonyl (C=O) groups excluding carboxylic acids is 1. The van der Waals surface area contributed by atoms with Crippen LogP contribution < -0.4 is 16.0 Å². The number of nitrogens with two attached hydrogens (primary N) is 1. The van der Waals surface area contributed by atoms with Crippen LogP contribution in [0.1, 0.15) is 55.3 Å². The highest BCUT2D eigenvalue weighted by molar-refractivity contribution is 5.97. The van der Waals surface area contributed by atoms with E-state index >= 15 is 0 Å². The number of nitro groups is 1. The van der Waals surface area contributed by atoms with Crippen LogP contribution in [-0.4, -0.2) is 40.9 Å². The molecule has 2 aromatic rings. The lowest BCUT2D eigenvalue weighted by atomic mass is 9.80. The van der Waals surface area contributed by atoms with Gasteiger partial charge >= 0.3 is 0 Å². The van der Waals surface area contributed by atoms with Crippen LogP contribution in [0.25, 0.3) is 6.08 Å². The van der Waals surface area contributed by atoms with Crippen molar-refractivity contribution in [3.05, 3.63) is 56.8 Å². The normalized spacial score (nSPS) is 20.4. The third kappa shape index (κ3) is 5.18. The number of hydrogen-bond donors (Lipinski definition) is 2. The van der Waals surface area contributed by atoms with Gasteiger partial charge in [-0.15, -0.1) is 0 Å². The van der Waals surface area contributed by atoms with Gasteiger partial charge in [-0.2, -0.15) is 4.98 Å². The highest BCUT2D eigenvalue weighted by Gasteiger charge is 2.28. The SMILES string of the molecule is CN(C)c1nc(NC2CCC(C(=Cc3ccccc3[N+](=O)[O-])C(N)=O)CC2)nc2c1CCCC2. The Labute approximate surface area is 199 Å². The van der Waals surface area contributed by atoms with Crippen LogP contribution in [0.4, 0.5) is 17.5 Å². The van der Waals surface area contributed by atoms with Crippen LogP contribution in [0.3, 0.4) is 0 Å². The van der Waals surface area contributed by atoms with E-state index in [-0.39, 0.29) is 17.6 Å². The van der Waals surface area contributed by atoms with Gasteiger partial charge in [-0.05, 0) is 69.4 Å². The molecule has 34 heavy (non-hydrogen) atoms. The zero-order chi connectivity index (χ0) is 24.2. The number of rotatable bonds is 7. The van der Waals surface area contributed by atoms with Gasteiger partial charge in [0.05, 0.1) is 16.2 Å². The molecular formula is C25H32N6O3. The Hall–Kier alpha value is -3.49. The number of amides is 1. The summed E-state index contributed by atoms with van der Waals surface area (Å²) >= 11 is 0. The number of anilines is 2. The first kappa shape index (κ1) is 23.7. The van der Waals surface area contributed by atoms with Crippen LogP contribution >= 0.6 is 0 Å². The number of hydrogen-bond acceptors (Lipinski definition) is 7. The molecular weight excluding hydrogens is 432 g/mol. The number of carbonyl (C=O) groups is 1. The van der Waals surface area contributed by atoms with E-state index < -0.39 is 10.8 Å². The summed E-state index contributed by atoms with van der Waals surface area (Å²) < 4.78 is 0. The third-order valence-electron chi connectivity index (χ3n) is 6.81. The van der Waals surface area contributed by atoms with Crippen LogP contribution in [0.2, 0.25) is 0 Å². The van der Waals surface area contributed by atoms with Gasteiger partial charge in [0.15, 0.2) is 0 Å². The molecule has 0 atom stereocenters. The number of aryl methyl sites for hydroxylation is 1. The fraction of sp³-hybridized carbons (Fsp3) is 0.480.